The van der Waals surface area contributed by atoms with E-state index in [1.807, 2.05) is 6.07 Å². The van der Waals surface area contributed by atoms with Gasteiger partial charge in [0.2, 0.25) is 5.91 Å². The maximum atomic E-state index is 12.7. The van der Waals surface area contributed by atoms with Crippen molar-refractivity contribution in [3.8, 4) is 5.75 Å². The maximum absolute atomic E-state index is 12.7. The van der Waals surface area contributed by atoms with Gasteiger partial charge in [-0.3, -0.25) is 9.59 Å². The van der Waals surface area contributed by atoms with E-state index < -0.39 is 0 Å². The summed E-state index contributed by atoms with van der Waals surface area (Å²) in [6.07, 6.45) is 8.53. The average Bonchev–Trinajstić information content (AvgIpc) is 2.52. The SMILES string of the molecule is O=C(CC12CC3CC(CC(C3)C1)C2)Nc1ccc2c(c1)NC(=O)CO2. The molecule has 132 valence electrons. The first kappa shape index (κ1) is 15.2. The summed E-state index contributed by atoms with van der Waals surface area (Å²) in [5, 5.41) is 5.82. The van der Waals surface area contributed by atoms with E-state index in [9.17, 15) is 9.59 Å². The van der Waals surface area contributed by atoms with Gasteiger partial charge in [0.1, 0.15) is 5.75 Å². The summed E-state index contributed by atoms with van der Waals surface area (Å²) in [5.41, 5.74) is 1.59. The fraction of sp³-hybridized carbons (Fsp3) is 0.600. The first-order valence-corrected chi connectivity index (χ1v) is 9.43. The number of carbonyl (C=O) groups excluding carboxylic acids is 2. The second-order valence-corrected chi connectivity index (χ2v) is 8.69. The second kappa shape index (κ2) is 5.48. The quantitative estimate of drug-likeness (QED) is 0.884. The van der Waals surface area contributed by atoms with Gasteiger partial charge in [0.25, 0.3) is 5.91 Å². The van der Waals surface area contributed by atoms with Crippen molar-refractivity contribution in [3.63, 3.8) is 0 Å². The Morgan fingerprint density at radius 2 is 1.84 bits per heavy atom. The van der Waals surface area contributed by atoms with Crippen LogP contribution in [0.1, 0.15) is 44.9 Å². The summed E-state index contributed by atoms with van der Waals surface area (Å²) in [4.78, 5) is 24.2. The number of anilines is 2. The van der Waals surface area contributed by atoms with Crippen LogP contribution in [0.25, 0.3) is 0 Å². The van der Waals surface area contributed by atoms with Gasteiger partial charge in [-0.2, -0.15) is 0 Å². The molecule has 4 fully saturated rings. The molecule has 2 N–H and O–H groups in total. The Hall–Kier alpha value is -2.04. The molecule has 2 amide bonds. The molecule has 1 aliphatic heterocycles. The molecule has 5 aliphatic rings. The minimum atomic E-state index is -0.162. The number of hydrogen-bond acceptors (Lipinski definition) is 3. The molecule has 1 aromatic carbocycles. The monoisotopic (exact) mass is 340 g/mol. The van der Waals surface area contributed by atoms with Crippen molar-refractivity contribution in [1.82, 2.24) is 0 Å². The largest absolute Gasteiger partial charge is 0.482 e. The number of rotatable bonds is 3. The molecule has 0 saturated heterocycles. The van der Waals surface area contributed by atoms with Crippen molar-refractivity contribution in [1.29, 1.82) is 0 Å². The molecule has 25 heavy (non-hydrogen) atoms. The smallest absolute Gasteiger partial charge is 0.262 e. The van der Waals surface area contributed by atoms with Crippen LogP contribution in [0.3, 0.4) is 0 Å². The normalized spacial score (nSPS) is 34.9. The molecule has 4 saturated carbocycles. The summed E-state index contributed by atoms with van der Waals surface area (Å²) in [5.74, 6) is 3.16. The molecule has 0 radical (unpaired) electrons. The van der Waals surface area contributed by atoms with Crippen LogP contribution in [0.2, 0.25) is 0 Å². The van der Waals surface area contributed by atoms with Gasteiger partial charge in [-0.15, -0.1) is 0 Å². The van der Waals surface area contributed by atoms with E-state index in [-0.39, 0.29) is 23.8 Å². The summed E-state index contributed by atoms with van der Waals surface area (Å²) >= 11 is 0. The van der Waals surface area contributed by atoms with Crippen LogP contribution in [0, 0.1) is 23.2 Å². The van der Waals surface area contributed by atoms with E-state index in [0.717, 1.165) is 23.4 Å². The van der Waals surface area contributed by atoms with Crippen LogP contribution < -0.4 is 15.4 Å². The number of nitrogens with one attached hydrogen (secondary N) is 2. The van der Waals surface area contributed by atoms with Crippen molar-refractivity contribution in [3.05, 3.63) is 18.2 Å². The highest BCUT2D eigenvalue weighted by atomic mass is 16.5. The lowest BCUT2D eigenvalue weighted by molar-refractivity contribution is -0.124. The van der Waals surface area contributed by atoms with Gasteiger partial charge in [-0.05, 0) is 79.9 Å². The Morgan fingerprint density at radius 3 is 2.52 bits per heavy atom. The molecule has 4 aliphatic carbocycles. The number of fused-ring (bicyclic) bond motifs is 1. The molecule has 0 atom stereocenters. The fourth-order valence-corrected chi connectivity index (χ4v) is 6.21. The average molecular weight is 340 g/mol. The zero-order valence-electron chi connectivity index (χ0n) is 14.3. The van der Waals surface area contributed by atoms with Gasteiger partial charge in [-0.1, -0.05) is 0 Å². The molecular formula is C20H24N2O3. The number of benzene rings is 1. The fourth-order valence-electron chi connectivity index (χ4n) is 6.21. The van der Waals surface area contributed by atoms with Gasteiger partial charge in [-0.25, -0.2) is 0 Å². The van der Waals surface area contributed by atoms with Crippen LogP contribution in [0.15, 0.2) is 18.2 Å². The minimum absolute atomic E-state index is 0.0464. The van der Waals surface area contributed by atoms with E-state index in [0.29, 0.717) is 17.9 Å². The van der Waals surface area contributed by atoms with Crippen molar-refractivity contribution < 1.29 is 14.3 Å². The van der Waals surface area contributed by atoms with Crippen molar-refractivity contribution in [2.75, 3.05) is 17.2 Å². The number of ether oxygens (including phenoxy) is 1. The first-order chi connectivity index (χ1) is 12.1. The summed E-state index contributed by atoms with van der Waals surface area (Å²) in [6, 6.07) is 5.42. The Morgan fingerprint density at radius 1 is 1.16 bits per heavy atom. The third-order valence-corrected chi connectivity index (χ3v) is 6.60. The molecule has 0 unspecified atom stereocenters. The van der Waals surface area contributed by atoms with Crippen LogP contribution >= 0.6 is 0 Å². The zero-order valence-corrected chi connectivity index (χ0v) is 14.3. The molecule has 1 heterocycles. The van der Waals surface area contributed by atoms with Gasteiger partial charge < -0.3 is 15.4 Å². The molecular weight excluding hydrogens is 316 g/mol. The Bertz CT molecular complexity index is 707. The third kappa shape index (κ3) is 2.79. The van der Waals surface area contributed by atoms with E-state index in [1.54, 1.807) is 12.1 Å². The number of amides is 2. The second-order valence-electron chi connectivity index (χ2n) is 8.69. The van der Waals surface area contributed by atoms with E-state index in [4.69, 9.17) is 4.74 Å². The van der Waals surface area contributed by atoms with E-state index >= 15 is 0 Å². The highest BCUT2D eigenvalue weighted by Crippen LogP contribution is 2.61. The van der Waals surface area contributed by atoms with E-state index in [2.05, 4.69) is 10.6 Å². The van der Waals surface area contributed by atoms with Gasteiger partial charge in [0.15, 0.2) is 6.61 Å². The summed E-state index contributed by atoms with van der Waals surface area (Å²) < 4.78 is 5.36. The molecule has 5 heteroatoms. The van der Waals surface area contributed by atoms with Crippen molar-refractivity contribution in [2.45, 2.75) is 44.9 Å². The highest BCUT2D eigenvalue weighted by molar-refractivity contribution is 5.97. The van der Waals surface area contributed by atoms with E-state index in [1.165, 1.54) is 38.5 Å². The van der Waals surface area contributed by atoms with Gasteiger partial charge in [0, 0.05) is 12.1 Å². The number of hydrogen-bond donors (Lipinski definition) is 2. The predicted molar refractivity (Wildman–Crippen MR) is 94.4 cm³/mol. The number of carbonyl (C=O) groups is 2. The topological polar surface area (TPSA) is 67.4 Å². The van der Waals surface area contributed by atoms with Gasteiger partial charge >= 0.3 is 0 Å². The first-order valence-electron chi connectivity index (χ1n) is 9.43. The third-order valence-electron chi connectivity index (χ3n) is 6.60. The van der Waals surface area contributed by atoms with Crippen molar-refractivity contribution in [2.24, 2.45) is 23.2 Å². The lowest BCUT2D eigenvalue weighted by Crippen LogP contribution is -2.47. The maximum Gasteiger partial charge on any atom is 0.262 e. The molecule has 6 rings (SSSR count). The molecule has 5 nitrogen and oxygen atoms in total. The predicted octanol–water partition coefficient (Wildman–Crippen LogP) is 3.56. The van der Waals surface area contributed by atoms with Crippen LogP contribution in [-0.2, 0) is 9.59 Å². The summed E-state index contributed by atoms with van der Waals surface area (Å²) in [6.45, 7) is 0.0464. The zero-order chi connectivity index (χ0) is 17.0. The van der Waals surface area contributed by atoms with Gasteiger partial charge in [0.05, 0.1) is 5.69 Å². The van der Waals surface area contributed by atoms with Crippen LogP contribution in [-0.4, -0.2) is 18.4 Å². The van der Waals surface area contributed by atoms with Crippen LogP contribution in [0.5, 0.6) is 5.75 Å². The molecule has 1 aromatic rings. The Labute approximate surface area is 147 Å². The highest BCUT2D eigenvalue weighted by Gasteiger charge is 2.51. The molecule has 0 spiro atoms. The molecule has 0 aromatic heterocycles. The lowest BCUT2D eigenvalue weighted by Gasteiger charge is -2.56. The van der Waals surface area contributed by atoms with Crippen LogP contribution in [0.4, 0.5) is 11.4 Å². The standard InChI is InChI=1S/C20H24N2O3/c23-18(10-20-7-12-3-13(8-20)5-14(4-12)9-20)21-15-1-2-17-16(6-15)22-19(24)11-25-17/h1-2,6,12-14H,3-5,7-11H2,(H,21,23)(H,22,24). The minimum Gasteiger partial charge on any atom is -0.482 e. The lowest BCUT2D eigenvalue weighted by atomic mass is 9.49. The molecule has 4 bridgehead atoms. The summed E-state index contributed by atoms with van der Waals surface area (Å²) in [7, 11) is 0. The Balaban J connectivity index is 1.28. The van der Waals surface area contributed by atoms with Crippen molar-refractivity contribution >= 4 is 23.2 Å². The Kier molecular flexibility index (Phi) is 3.34.